The van der Waals surface area contributed by atoms with Crippen LogP contribution in [0.3, 0.4) is 0 Å². The number of rotatable bonds is 9. The number of non-ortho nitro benzene ring substituents is 1. The number of carbonyl (C=O) groups is 2. The molecule has 2 amide bonds. The van der Waals surface area contributed by atoms with Crippen molar-refractivity contribution in [2.75, 3.05) is 36.8 Å². The third kappa shape index (κ3) is 6.07. The zero-order valence-corrected chi connectivity index (χ0v) is 26.0. The number of methoxy groups -OCH3 is 2. The lowest BCUT2D eigenvalue weighted by Crippen LogP contribution is -2.52. The SMILES string of the molecule is COc1ccc([N+](=O)[O-])cc1OCc1c(-c2ccc(NC(=O)c3ccccc3Cl)cc2OC)ccc2c1N(C)C(=O)C(C)(C)N2. The second kappa shape index (κ2) is 12.4. The zero-order valence-electron chi connectivity index (χ0n) is 25.3. The molecule has 0 atom stereocenters. The number of hydrogen-bond acceptors (Lipinski definition) is 8. The number of amides is 2. The van der Waals surface area contributed by atoms with Gasteiger partial charge in [0, 0.05) is 36.0 Å². The Kier molecular flexibility index (Phi) is 8.56. The molecule has 1 aliphatic rings. The minimum absolute atomic E-state index is 0.0795. The van der Waals surface area contributed by atoms with Gasteiger partial charge in [-0.05, 0) is 55.8 Å². The Hall–Kier alpha value is -5.29. The molecule has 232 valence electrons. The maximum Gasteiger partial charge on any atom is 0.273 e. The minimum atomic E-state index is -0.857. The highest BCUT2D eigenvalue weighted by Gasteiger charge is 2.39. The highest BCUT2D eigenvalue weighted by atomic mass is 35.5. The number of ether oxygens (including phenoxy) is 3. The summed E-state index contributed by atoms with van der Waals surface area (Å²) in [5.41, 5.74) is 3.04. The summed E-state index contributed by atoms with van der Waals surface area (Å²) in [6, 6.07) is 19.8. The van der Waals surface area contributed by atoms with Crippen molar-refractivity contribution < 1.29 is 28.7 Å². The molecule has 0 bridgehead atoms. The summed E-state index contributed by atoms with van der Waals surface area (Å²) in [4.78, 5) is 38.8. The van der Waals surface area contributed by atoms with Gasteiger partial charge in [-0.25, -0.2) is 0 Å². The van der Waals surface area contributed by atoms with Crippen LogP contribution in [0, 0.1) is 10.1 Å². The fraction of sp³-hybridized carbons (Fsp3) is 0.212. The number of nitro groups is 1. The molecule has 0 saturated carbocycles. The molecule has 4 aromatic rings. The number of halogens is 1. The van der Waals surface area contributed by atoms with Crippen LogP contribution < -0.4 is 29.7 Å². The first-order valence-corrected chi connectivity index (χ1v) is 14.2. The molecule has 12 heteroatoms. The van der Waals surface area contributed by atoms with Crippen LogP contribution >= 0.6 is 11.6 Å². The lowest BCUT2D eigenvalue weighted by molar-refractivity contribution is -0.385. The van der Waals surface area contributed by atoms with Crippen LogP contribution in [0.5, 0.6) is 17.2 Å². The van der Waals surface area contributed by atoms with E-state index >= 15 is 0 Å². The molecule has 1 heterocycles. The van der Waals surface area contributed by atoms with Gasteiger partial charge in [-0.15, -0.1) is 0 Å². The van der Waals surface area contributed by atoms with Crippen LogP contribution in [0.4, 0.5) is 22.7 Å². The first kappa shape index (κ1) is 31.1. The van der Waals surface area contributed by atoms with E-state index in [2.05, 4.69) is 10.6 Å². The molecule has 11 nitrogen and oxygen atoms in total. The van der Waals surface area contributed by atoms with Crippen molar-refractivity contribution in [2.45, 2.75) is 26.0 Å². The van der Waals surface area contributed by atoms with Crippen molar-refractivity contribution in [1.29, 1.82) is 0 Å². The van der Waals surface area contributed by atoms with Gasteiger partial charge in [0.2, 0.25) is 0 Å². The Morgan fingerprint density at radius 3 is 2.38 bits per heavy atom. The highest BCUT2D eigenvalue weighted by molar-refractivity contribution is 6.34. The summed E-state index contributed by atoms with van der Waals surface area (Å²) >= 11 is 6.21. The van der Waals surface area contributed by atoms with E-state index in [0.717, 1.165) is 0 Å². The van der Waals surface area contributed by atoms with Crippen molar-refractivity contribution >= 4 is 46.2 Å². The minimum Gasteiger partial charge on any atom is -0.496 e. The summed E-state index contributed by atoms with van der Waals surface area (Å²) in [6.07, 6.45) is 0. The smallest absolute Gasteiger partial charge is 0.273 e. The normalized spacial score (nSPS) is 13.4. The number of likely N-dealkylation sites (N-methyl/N-ethyl adjacent to an activating group) is 1. The molecule has 45 heavy (non-hydrogen) atoms. The molecule has 5 rings (SSSR count). The monoisotopic (exact) mass is 630 g/mol. The van der Waals surface area contributed by atoms with E-state index in [-0.39, 0.29) is 29.9 Å². The number of nitro benzene ring substituents is 1. The lowest BCUT2D eigenvalue weighted by atomic mass is 9.91. The van der Waals surface area contributed by atoms with Crippen LogP contribution in [0.2, 0.25) is 5.02 Å². The molecule has 0 aliphatic carbocycles. The van der Waals surface area contributed by atoms with Gasteiger partial charge >= 0.3 is 0 Å². The highest BCUT2D eigenvalue weighted by Crippen LogP contribution is 2.45. The van der Waals surface area contributed by atoms with Crippen molar-refractivity contribution in [3.8, 4) is 28.4 Å². The Morgan fingerprint density at radius 2 is 1.69 bits per heavy atom. The quantitative estimate of drug-likeness (QED) is 0.150. The van der Waals surface area contributed by atoms with Gasteiger partial charge in [-0.1, -0.05) is 29.8 Å². The van der Waals surface area contributed by atoms with Crippen LogP contribution in [-0.2, 0) is 11.4 Å². The van der Waals surface area contributed by atoms with E-state index in [1.54, 1.807) is 68.3 Å². The van der Waals surface area contributed by atoms with E-state index < -0.39 is 10.5 Å². The standard InChI is InChI=1S/C33H31ClN4O7/c1-33(2)32(40)37(3)30-24(18-45-29-17-20(38(41)42)11-15-27(29)43-4)21(13-14-26(30)36-33)22-12-10-19(16-28(22)44-5)35-31(39)23-8-6-7-9-25(23)34/h6-17,36H,18H2,1-5H3,(H,35,39). The largest absolute Gasteiger partial charge is 0.496 e. The molecule has 0 aromatic heterocycles. The van der Waals surface area contributed by atoms with Gasteiger partial charge in [0.25, 0.3) is 17.5 Å². The maximum atomic E-state index is 13.4. The van der Waals surface area contributed by atoms with Gasteiger partial charge in [-0.3, -0.25) is 19.7 Å². The number of anilines is 3. The Balaban J connectivity index is 1.59. The van der Waals surface area contributed by atoms with Gasteiger partial charge < -0.3 is 29.7 Å². The number of fused-ring (bicyclic) bond motifs is 1. The van der Waals surface area contributed by atoms with Crippen LogP contribution in [0.1, 0.15) is 29.8 Å². The number of benzene rings is 4. The molecule has 0 spiro atoms. The average molecular weight is 631 g/mol. The van der Waals surface area contributed by atoms with Crippen LogP contribution in [0.15, 0.2) is 72.8 Å². The number of carbonyl (C=O) groups excluding carboxylic acids is 2. The topological polar surface area (TPSA) is 132 Å². The van der Waals surface area contributed by atoms with E-state index in [0.29, 0.717) is 55.8 Å². The predicted molar refractivity (Wildman–Crippen MR) is 173 cm³/mol. The van der Waals surface area contributed by atoms with Gasteiger partial charge in [0.15, 0.2) is 11.5 Å². The summed E-state index contributed by atoms with van der Waals surface area (Å²) < 4.78 is 17.3. The Labute approximate surface area is 264 Å². The molecule has 0 unspecified atom stereocenters. The van der Waals surface area contributed by atoms with Crippen molar-refractivity contribution in [2.24, 2.45) is 0 Å². The van der Waals surface area contributed by atoms with E-state index in [1.807, 2.05) is 12.1 Å². The third-order valence-corrected chi connectivity index (χ3v) is 7.83. The first-order valence-electron chi connectivity index (χ1n) is 13.9. The zero-order chi connectivity index (χ0) is 32.5. The molecule has 0 saturated heterocycles. The maximum absolute atomic E-state index is 13.4. The molecule has 0 fully saturated rings. The Morgan fingerprint density at radius 1 is 0.978 bits per heavy atom. The number of hydrogen-bond donors (Lipinski definition) is 2. The second-order valence-electron chi connectivity index (χ2n) is 10.8. The molecular formula is C33H31ClN4O7. The second-order valence-corrected chi connectivity index (χ2v) is 11.2. The fourth-order valence-electron chi connectivity index (χ4n) is 5.31. The number of nitrogens with zero attached hydrogens (tertiary/aromatic N) is 2. The molecule has 0 radical (unpaired) electrons. The molecule has 4 aromatic carbocycles. The van der Waals surface area contributed by atoms with Gasteiger partial charge in [-0.2, -0.15) is 0 Å². The van der Waals surface area contributed by atoms with Crippen molar-refractivity contribution in [1.82, 2.24) is 0 Å². The van der Waals surface area contributed by atoms with Gasteiger partial charge in [0.05, 0.1) is 47.2 Å². The van der Waals surface area contributed by atoms with Crippen LogP contribution in [0.25, 0.3) is 11.1 Å². The fourth-order valence-corrected chi connectivity index (χ4v) is 5.53. The van der Waals surface area contributed by atoms with E-state index in [1.165, 1.54) is 32.4 Å². The lowest BCUT2D eigenvalue weighted by Gasteiger charge is -2.39. The summed E-state index contributed by atoms with van der Waals surface area (Å²) in [5, 5.41) is 18.0. The summed E-state index contributed by atoms with van der Waals surface area (Å²) in [6.45, 7) is 3.51. The first-order chi connectivity index (χ1) is 21.4. The summed E-state index contributed by atoms with van der Waals surface area (Å²) in [7, 11) is 4.65. The van der Waals surface area contributed by atoms with Crippen molar-refractivity contribution in [3.63, 3.8) is 0 Å². The van der Waals surface area contributed by atoms with E-state index in [9.17, 15) is 19.7 Å². The predicted octanol–water partition coefficient (Wildman–Crippen LogP) is 6.93. The summed E-state index contributed by atoms with van der Waals surface area (Å²) in [5.74, 6) is 0.382. The molecule has 1 aliphatic heterocycles. The average Bonchev–Trinajstić information content (AvgIpc) is 3.02. The molecular weight excluding hydrogens is 600 g/mol. The van der Waals surface area contributed by atoms with Gasteiger partial charge in [0.1, 0.15) is 17.9 Å². The third-order valence-electron chi connectivity index (χ3n) is 7.50. The van der Waals surface area contributed by atoms with E-state index in [4.69, 9.17) is 25.8 Å². The van der Waals surface area contributed by atoms with Crippen molar-refractivity contribution in [3.05, 3.63) is 99.1 Å². The number of nitrogens with one attached hydrogen (secondary N) is 2. The van der Waals surface area contributed by atoms with Crippen LogP contribution in [-0.4, -0.2) is 43.5 Å². The Bertz CT molecular complexity index is 1830. The molecule has 2 N–H and O–H groups in total.